The highest BCUT2D eigenvalue weighted by Crippen LogP contribution is 2.23. The zero-order valence-corrected chi connectivity index (χ0v) is 11.2. The van der Waals surface area contributed by atoms with E-state index >= 15 is 0 Å². The van der Waals surface area contributed by atoms with Gasteiger partial charge in [-0.1, -0.05) is 29.8 Å². The summed E-state index contributed by atoms with van der Waals surface area (Å²) in [6, 6.07) is 17.6. The number of hydrogen-bond acceptors (Lipinski definition) is 2. The van der Waals surface area contributed by atoms with Crippen LogP contribution in [0, 0.1) is 0 Å². The van der Waals surface area contributed by atoms with E-state index in [1.165, 1.54) is 0 Å². The number of hydrogen-bond donors (Lipinski definition) is 1. The molecule has 1 N–H and O–H groups in total. The van der Waals surface area contributed by atoms with Gasteiger partial charge in [-0.05, 0) is 36.4 Å². The Bertz CT molecular complexity index is 894. The molecule has 0 aliphatic rings. The summed E-state index contributed by atoms with van der Waals surface area (Å²) in [4.78, 5) is 12.5. The molecular weight excluding hydrogens is 270 g/mol. The molecule has 96 valence electrons. The van der Waals surface area contributed by atoms with Gasteiger partial charge in [0.2, 0.25) is 0 Å². The van der Waals surface area contributed by atoms with E-state index < -0.39 is 0 Å². The highest BCUT2D eigenvalue weighted by Gasteiger charge is 2.07. The lowest BCUT2D eigenvalue weighted by Gasteiger charge is -2.00. The van der Waals surface area contributed by atoms with Crippen LogP contribution in [0.4, 0.5) is 0 Å². The van der Waals surface area contributed by atoms with Crippen LogP contribution >= 0.6 is 11.6 Å². The van der Waals surface area contributed by atoms with Crippen molar-refractivity contribution in [2.45, 2.75) is 0 Å². The third-order valence-corrected chi connectivity index (χ3v) is 3.52. The Balaban J connectivity index is 1.90. The van der Waals surface area contributed by atoms with Crippen molar-refractivity contribution in [2.75, 3.05) is 0 Å². The maximum absolute atomic E-state index is 5.98. The second kappa shape index (κ2) is 4.32. The zero-order valence-electron chi connectivity index (χ0n) is 10.5. The van der Waals surface area contributed by atoms with Crippen molar-refractivity contribution >= 4 is 33.5 Å². The van der Waals surface area contributed by atoms with Crippen LogP contribution in [-0.2, 0) is 0 Å². The Labute approximate surface area is 120 Å². The fraction of sp³-hybridized carbons (Fsp3) is 0. The molecule has 0 aliphatic heterocycles. The molecule has 3 nitrogen and oxygen atoms in total. The van der Waals surface area contributed by atoms with Gasteiger partial charge in [0.1, 0.15) is 5.69 Å². The molecule has 0 spiro atoms. The third kappa shape index (κ3) is 1.84. The van der Waals surface area contributed by atoms with Crippen LogP contribution in [0.1, 0.15) is 0 Å². The number of aromatic nitrogens is 3. The fourth-order valence-corrected chi connectivity index (χ4v) is 2.48. The average molecular weight is 280 g/mol. The minimum atomic E-state index is 0.718. The largest absolute Gasteiger partial charge is 0.337 e. The van der Waals surface area contributed by atoms with Gasteiger partial charge in [0, 0.05) is 10.4 Å². The van der Waals surface area contributed by atoms with Gasteiger partial charge in [0.25, 0.3) is 0 Å². The standard InChI is InChI=1S/C16H10ClN3/c17-11-6-8-12-10(9-11)5-7-15(18-12)16-19-13-3-1-2-4-14(13)20-16/h1-9H,(H,19,20). The quantitative estimate of drug-likeness (QED) is 0.560. The van der Waals surface area contributed by atoms with Crippen LogP contribution in [0.5, 0.6) is 0 Å². The number of benzene rings is 2. The minimum absolute atomic E-state index is 0.718. The summed E-state index contributed by atoms with van der Waals surface area (Å²) in [7, 11) is 0. The summed E-state index contributed by atoms with van der Waals surface area (Å²) in [5.74, 6) is 0.781. The number of nitrogens with one attached hydrogen (secondary N) is 1. The molecule has 4 heteroatoms. The highest BCUT2D eigenvalue weighted by atomic mass is 35.5. The van der Waals surface area contributed by atoms with Gasteiger partial charge in [-0.2, -0.15) is 0 Å². The second-order valence-electron chi connectivity index (χ2n) is 4.64. The fourth-order valence-electron chi connectivity index (χ4n) is 2.30. The molecule has 0 aliphatic carbocycles. The SMILES string of the molecule is Clc1ccc2nc(-c3nc4ccccc4[nH]3)ccc2c1. The summed E-state index contributed by atoms with van der Waals surface area (Å²) >= 11 is 5.98. The van der Waals surface area contributed by atoms with Gasteiger partial charge in [0.15, 0.2) is 5.82 Å². The first kappa shape index (κ1) is 11.4. The average Bonchev–Trinajstić information content (AvgIpc) is 2.90. The number of nitrogens with zero attached hydrogens (tertiary/aromatic N) is 2. The summed E-state index contributed by atoms with van der Waals surface area (Å²) in [6.07, 6.45) is 0. The van der Waals surface area contributed by atoms with Crippen LogP contribution in [-0.4, -0.2) is 15.0 Å². The molecule has 4 aromatic rings. The van der Waals surface area contributed by atoms with E-state index in [1.807, 2.05) is 54.6 Å². The molecule has 0 saturated heterocycles. The van der Waals surface area contributed by atoms with Crippen molar-refractivity contribution < 1.29 is 0 Å². The highest BCUT2D eigenvalue weighted by molar-refractivity contribution is 6.31. The Morgan fingerprint density at radius 1 is 0.850 bits per heavy atom. The molecule has 0 amide bonds. The van der Waals surface area contributed by atoms with Gasteiger partial charge >= 0.3 is 0 Å². The van der Waals surface area contributed by atoms with E-state index in [2.05, 4.69) is 15.0 Å². The first-order chi connectivity index (χ1) is 9.79. The number of H-pyrrole nitrogens is 1. The van der Waals surface area contributed by atoms with Gasteiger partial charge in [-0.15, -0.1) is 0 Å². The number of halogens is 1. The molecule has 0 radical (unpaired) electrons. The Hall–Kier alpha value is -2.39. The molecule has 0 atom stereocenters. The van der Waals surface area contributed by atoms with E-state index in [0.717, 1.165) is 38.5 Å². The molecule has 2 aromatic heterocycles. The van der Waals surface area contributed by atoms with Crippen molar-refractivity contribution in [2.24, 2.45) is 0 Å². The van der Waals surface area contributed by atoms with E-state index in [4.69, 9.17) is 11.6 Å². The maximum Gasteiger partial charge on any atom is 0.157 e. The van der Waals surface area contributed by atoms with E-state index in [1.54, 1.807) is 0 Å². The zero-order chi connectivity index (χ0) is 13.5. The second-order valence-corrected chi connectivity index (χ2v) is 5.07. The normalized spacial score (nSPS) is 11.2. The monoisotopic (exact) mass is 279 g/mol. The third-order valence-electron chi connectivity index (χ3n) is 3.28. The molecule has 0 saturated carbocycles. The van der Waals surface area contributed by atoms with Crippen molar-refractivity contribution in [3.8, 4) is 11.5 Å². The summed E-state index contributed by atoms with van der Waals surface area (Å²) in [5.41, 5.74) is 3.70. The molecule has 2 aromatic carbocycles. The lowest BCUT2D eigenvalue weighted by Crippen LogP contribution is -1.87. The number of para-hydroxylation sites is 2. The Morgan fingerprint density at radius 3 is 2.65 bits per heavy atom. The van der Waals surface area contributed by atoms with Crippen molar-refractivity contribution in [1.82, 2.24) is 15.0 Å². The van der Waals surface area contributed by atoms with E-state index in [0.29, 0.717) is 0 Å². The first-order valence-electron chi connectivity index (χ1n) is 6.31. The number of imidazole rings is 1. The van der Waals surface area contributed by atoms with Crippen LogP contribution in [0.15, 0.2) is 54.6 Å². The maximum atomic E-state index is 5.98. The lowest BCUT2D eigenvalue weighted by atomic mass is 10.2. The topological polar surface area (TPSA) is 41.6 Å². The molecule has 20 heavy (non-hydrogen) atoms. The molecule has 0 unspecified atom stereocenters. The van der Waals surface area contributed by atoms with Crippen molar-refractivity contribution in [1.29, 1.82) is 0 Å². The number of aromatic amines is 1. The van der Waals surface area contributed by atoms with Crippen LogP contribution < -0.4 is 0 Å². The molecule has 0 fully saturated rings. The van der Waals surface area contributed by atoms with Crippen molar-refractivity contribution in [3.05, 3.63) is 59.6 Å². The van der Waals surface area contributed by atoms with Crippen molar-refractivity contribution in [3.63, 3.8) is 0 Å². The molecular formula is C16H10ClN3. The number of pyridine rings is 1. The van der Waals surface area contributed by atoms with E-state index in [9.17, 15) is 0 Å². The first-order valence-corrected chi connectivity index (χ1v) is 6.69. The van der Waals surface area contributed by atoms with Gasteiger partial charge in [-0.3, -0.25) is 0 Å². The predicted molar refractivity (Wildman–Crippen MR) is 81.8 cm³/mol. The molecule has 0 bridgehead atoms. The lowest BCUT2D eigenvalue weighted by molar-refractivity contribution is 1.27. The van der Waals surface area contributed by atoms with E-state index in [-0.39, 0.29) is 0 Å². The minimum Gasteiger partial charge on any atom is -0.337 e. The Kier molecular flexibility index (Phi) is 2.47. The predicted octanol–water partition coefficient (Wildman–Crippen LogP) is 4.43. The smallest absolute Gasteiger partial charge is 0.157 e. The van der Waals surface area contributed by atoms with Gasteiger partial charge in [-0.25, -0.2) is 9.97 Å². The van der Waals surface area contributed by atoms with Crippen LogP contribution in [0.25, 0.3) is 33.5 Å². The summed E-state index contributed by atoms with van der Waals surface area (Å²) < 4.78 is 0. The Morgan fingerprint density at radius 2 is 1.75 bits per heavy atom. The van der Waals surface area contributed by atoms with Crippen LogP contribution in [0.2, 0.25) is 5.02 Å². The molecule has 2 heterocycles. The summed E-state index contributed by atoms with van der Waals surface area (Å²) in [6.45, 7) is 0. The molecule has 4 rings (SSSR count). The van der Waals surface area contributed by atoms with Gasteiger partial charge < -0.3 is 4.98 Å². The number of fused-ring (bicyclic) bond motifs is 2. The van der Waals surface area contributed by atoms with Crippen LogP contribution in [0.3, 0.4) is 0 Å². The number of rotatable bonds is 1. The van der Waals surface area contributed by atoms with Gasteiger partial charge in [0.05, 0.1) is 16.6 Å². The summed E-state index contributed by atoms with van der Waals surface area (Å²) in [5, 5.41) is 1.74.